The predicted octanol–water partition coefficient (Wildman–Crippen LogP) is 7.17. The summed E-state index contributed by atoms with van der Waals surface area (Å²) >= 11 is 0. The molecule has 1 N–H and O–H groups in total. The summed E-state index contributed by atoms with van der Waals surface area (Å²) in [6.07, 6.45) is 23.4. The molecule has 0 rings (SSSR count). The molecule has 0 saturated carbocycles. The molecule has 0 atom stereocenters. The van der Waals surface area contributed by atoms with Crippen molar-refractivity contribution in [2.24, 2.45) is 0 Å². The summed E-state index contributed by atoms with van der Waals surface area (Å²) in [4.78, 5) is 0. The van der Waals surface area contributed by atoms with Crippen molar-refractivity contribution in [1.29, 1.82) is 0 Å². The average Bonchev–Trinajstić information content (AvgIpc) is 2.47. The first-order valence-corrected chi connectivity index (χ1v) is 9.37. The maximum Gasteiger partial charge on any atom is 0.0799 e. The van der Waals surface area contributed by atoms with Crippen LogP contribution in [0.5, 0.6) is 0 Å². The zero-order chi connectivity index (χ0) is 14.7. The van der Waals surface area contributed by atoms with E-state index in [0.717, 1.165) is 12.8 Å². The second kappa shape index (κ2) is 19.0. The van der Waals surface area contributed by atoms with Crippen molar-refractivity contribution in [2.75, 3.05) is 0 Å². The van der Waals surface area contributed by atoms with E-state index in [1.807, 2.05) is 0 Å². The molecule has 0 aromatic rings. The lowest BCUT2D eigenvalue weighted by molar-refractivity contribution is 0.367. The highest BCUT2D eigenvalue weighted by molar-refractivity contribution is 4.51. The van der Waals surface area contributed by atoms with Gasteiger partial charge >= 0.3 is 0 Å². The van der Waals surface area contributed by atoms with Gasteiger partial charge < -0.3 is 5.11 Å². The fourth-order valence-corrected chi connectivity index (χ4v) is 2.78. The molecule has 121 valence electrons. The fourth-order valence-electron chi connectivity index (χ4n) is 2.78. The summed E-state index contributed by atoms with van der Waals surface area (Å²) in [5, 5.41) is 8.56. The van der Waals surface area contributed by atoms with Crippen molar-refractivity contribution in [2.45, 2.75) is 116 Å². The maximum atomic E-state index is 8.56. The van der Waals surface area contributed by atoms with E-state index in [1.54, 1.807) is 0 Å². The van der Waals surface area contributed by atoms with Gasteiger partial charge in [0.1, 0.15) is 0 Å². The Balaban J connectivity index is 2.89. The van der Waals surface area contributed by atoms with Crippen molar-refractivity contribution in [1.82, 2.24) is 0 Å². The highest BCUT2D eigenvalue weighted by Crippen LogP contribution is 2.13. The highest BCUT2D eigenvalue weighted by Gasteiger charge is 1.94. The second-order valence-corrected chi connectivity index (χ2v) is 6.27. The standard InChI is InChI=1S/C19H39O/c1-2-3-4-5-6-7-8-9-10-11-12-13-14-15-16-17-18-19-20/h19-20H,2-18H2,1H3. The largest absolute Gasteiger partial charge is 0.390 e. The summed E-state index contributed by atoms with van der Waals surface area (Å²) in [6.45, 7) is 3.58. The Labute approximate surface area is 128 Å². The Morgan fingerprint density at radius 3 is 1.10 bits per heavy atom. The smallest absolute Gasteiger partial charge is 0.0799 e. The lowest BCUT2D eigenvalue weighted by atomic mass is 10.0. The Hall–Kier alpha value is -0.0400. The number of aliphatic hydroxyl groups excluding tert-OH is 1. The van der Waals surface area contributed by atoms with Gasteiger partial charge in [-0.3, -0.25) is 0 Å². The van der Waals surface area contributed by atoms with Gasteiger partial charge in [0.2, 0.25) is 0 Å². The lowest BCUT2D eigenvalue weighted by Crippen LogP contribution is -1.84. The van der Waals surface area contributed by atoms with E-state index in [0.29, 0.717) is 0 Å². The summed E-state index contributed by atoms with van der Waals surface area (Å²) in [5.41, 5.74) is 0. The van der Waals surface area contributed by atoms with Crippen LogP contribution in [0.3, 0.4) is 0 Å². The Morgan fingerprint density at radius 1 is 0.500 bits per heavy atom. The van der Waals surface area contributed by atoms with Gasteiger partial charge in [-0.05, 0) is 6.42 Å². The number of rotatable bonds is 17. The number of unbranched alkanes of at least 4 members (excludes halogenated alkanes) is 16. The van der Waals surface area contributed by atoms with Crippen LogP contribution in [0, 0.1) is 6.61 Å². The fraction of sp³-hybridized carbons (Fsp3) is 0.947. The van der Waals surface area contributed by atoms with Gasteiger partial charge in [-0.15, -0.1) is 0 Å². The summed E-state index contributed by atoms with van der Waals surface area (Å²) < 4.78 is 0. The van der Waals surface area contributed by atoms with E-state index in [2.05, 4.69) is 6.92 Å². The van der Waals surface area contributed by atoms with Gasteiger partial charge in [0.05, 0.1) is 6.61 Å². The first-order chi connectivity index (χ1) is 9.91. The molecule has 0 fully saturated rings. The Kier molecular flexibility index (Phi) is 18.9. The number of hydrogen-bond acceptors (Lipinski definition) is 1. The van der Waals surface area contributed by atoms with E-state index in [9.17, 15) is 0 Å². The van der Waals surface area contributed by atoms with Crippen LogP contribution in [0.15, 0.2) is 0 Å². The molecule has 0 amide bonds. The quantitative estimate of drug-likeness (QED) is 0.280. The van der Waals surface area contributed by atoms with E-state index in [4.69, 9.17) is 5.11 Å². The molecule has 0 aliphatic heterocycles. The monoisotopic (exact) mass is 283 g/mol. The SMILES string of the molecule is CCCCCCCCCCCCCCCCCC[CH]O. The molecule has 20 heavy (non-hydrogen) atoms. The van der Waals surface area contributed by atoms with Crippen molar-refractivity contribution < 1.29 is 5.11 Å². The minimum absolute atomic E-state index is 0.873. The van der Waals surface area contributed by atoms with E-state index < -0.39 is 0 Å². The van der Waals surface area contributed by atoms with E-state index in [-0.39, 0.29) is 0 Å². The summed E-state index contributed by atoms with van der Waals surface area (Å²) in [7, 11) is 0. The van der Waals surface area contributed by atoms with Gasteiger partial charge in [0.15, 0.2) is 0 Å². The van der Waals surface area contributed by atoms with Gasteiger partial charge in [0.25, 0.3) is 0 Å². The molecule has 0 aromatic heterocycles. The van der Waals surface area contributed by atoms with Gasteiger partial charge in [-0.1, -0.05) is 110 Å². The van der Waals surface area contributed by atoms with Crippen LogP contribution in [0.1, 0.15) is 116 Å². The summed E-state index contributed by atoms with van der Waals surface area (Å²) in [5.74, 6) is 0. The van der Waals surface area contributed by atoms with Crippen LogP contribution in [0.4, 0.5) is 0 Å². The number of aliphatic hydroxyl groups is 1. The zero-order valence-corrected chi connectivity index (χ0v) is 14.0. The Bertz CT molecular complexity index is 138. The molecule has 0 aliphatic rings. The molecule has 0 bridgehead atoms. The normalized spacial score (nSPS) is 11.1. The first kappa shape index (κ1) is 20.0. The molecule has 1 nitrogen and oxygen atoms in total. The lowest BCUT2D eigenvalue weighted by Gasteiger charge is -2.03. The molecule has 0 aliphatic carbocycles. The average molecular weight is 284 g/mol. The molecule has 0 unspecified atom stereocenters. The third-order valence-electron chi connectivity index (χ3n) is 4.19. The maximum absolute atomic E-state index is 8.56. The Morgan fingerprint density at radius 2 is 0.800 bits per heavy atom. The van der Waals surface area contributed by atoms with Crippen molar-refractivity contribution in [3.8, 4) is 0 Å². The van der Waals surface area contributed by atoms with Gasteiger partial charge in [-0.25, -0.2) is 0 Å². The zero-order valence-electron chi connectivity index (χ0n) is 14.0. The molecule has 0 heterocycles. The molecule has 1 heteroatoms. The summed E-state index contributed by atoms with van der Waals surface area (Å²) in [6, 6.07) is 0. The van der Waals surface area contributed by atoms with Crippen LogP contribution in [-0.4, -0.2) is 5.11 Å². The van der Waals surface area contributed by atoms with Gasteiger partial charge in [0, 0.05) is 0 Å². The molecule has 1 radical (unpaired) electrons. The van der Waals surface area contributed by atoms with E-state index in [1.165, 1.54) is 103 Å². The van der Waals surface area contributed by atoms with Crippen LogP contribution < -0.4 is 0 Å². The molecular formula is C19H39O. The van der Waals surface area contributed by atoms with Crippen molar-refractivity contribution in [3.63, 3.8) is 0 Å². The molecule has 0 saturated heterocycles. The minimum Gasteiger partial charge on any atom is -0.390 e. The molecule has 0 spiro atoms. The third kappa shape index (κ3) is 18.0. The van der Waals surface area contributed by atoms with Crippen LogP contribution in [0.25, 0.3) is 0 Å². The van der Waals surface area contributed by atoms with Gasteiger partial charge in [-0.2, -0.15) is 0 Å². The molecule has 0 aromatic carbocycles. The highest BCUT2D eigenvalue weighted by atomic mass is 16.2. The van der Waals surface area contributed by atoms with Crippen molar-refractivity contribution in [3.05, 3.63) is 6.61 Å². The van der Waals surface area contributed by atoms with E-state index >= 15 is 0 Å². The van der Waals surface area contributed by atoms with Crippen LogP contribution in [-0.2, 0) is 0 Å². The van der Waals surface area contributed by atoms with Crippen molar-refractivity contribution >= 4 is 0 Å². The number of hydrogen-bond donors (Lipinski definition) is 1. The predicted molar refractivity (Wildman–Crippen MR) is 90.4 cm³/mol. The van der Waals surface area contributed by atoms with Crippen LogP contribution >= 0.6 is 0 Å². The molecular weight excluding hydrogens is 244 g/mol. The third-order valence-corrected chi connectivity index (χ3v) is 4.19. The minimum atomic E-state index is 0.873. The first-order valence-electron chi connectivity index (χ1n) is 9.37. The van der Waals surface area contributed by atoms with Crippen LogP contribution in [0.2, 0.25) is 0 Å². The topological polar surface area (TPSA) is 20.2 Å². The second-order valence-electron chi connectivity index (χ2n) is 6.27.